The number of fused-ring (bicyclic) bond motifs is 1. The number of benzene rings is 1. The van der Waals surface area contributed by atoms with E-state index in [9.17, 15) is 4.79 Å². The maximum absolute atomic E-state index is 12.3. The smallest absolute Gasteiger partial charge is 0.264 e. The molecule has 0 aliphatic carbocycles. The van der Waals surface area contributed by atoms with Crippen molar-refractivity contribution in [2.24, 2.45) is 10.9 Å². The topological polar surface area (TPSA) is 88.1 Å². The Hall–Kier alpha value is -2.24. The SMILES string of the molecule is CCN(CC(N)=NO)C(=O)C1Cc2ccccc2O1. The van der Waals surface area contributed by atoms with E-state index in [0.29, 0.717) is 13.0 Å². The number of amidine groups is 1. The molecular weight excluding hydrogens is 246 g/mol. The van der Waals surface area contributed by atoms with Crippen LogP contribution in [0.25, 0.3) is 0 Å². The fourth-order valence-corrected chi connectivity index (χ4v) is 2.10. The Morgan fingerprint density at radius 1 is 1.58 bits per heavy atom. The molecule has 3 N–H and O–H groups in total. The minimum Gasteiger partial charge on any atom is -0.480 e. The molecule has 0 saturated heterocycles. The van der Waals surface area contributed by atoms with Gasteiger partial charge in [-0.1, -0.05) is 23.4 Å². The van der Waals surface area contributed by atoms with Gasteiger partial charge in [-0.2, -0.15) is 0 Å². The van der Waals surface area contributed by atoms with Crippen molar-refractivity contribution >= 4 is 11.7 Å². The Morgan fingerprint density at radius 2 is 2.32 bits per heavy atom. The molecule has 19 heavy (non-hydrogen) atoms. The molecule has 1 aromatic carbocycles. The summed E-state index contributed by atoms with van der Waals surface area (Å²) < 4.78 is 5.63. The molecule has 0 aromatic heterocycles. The highest BCUT2D eigenvalue weighted by atomic mass is 16.5. The van der Waals surface area contributed by atoms with Gasteiger partial charge in [-0.15, -0.1) is 0 Å². The molecule has 0 bridgehead atoms. The molecule has 102 valence electrons. The van der Waals surface area contributed by atoms with E-state index < -0.39 is 6.10 Å². The molecule has 1 aromatic rings. The van der Waals surface area contributed by atoms with Crippen LogP contribution in [0.4, 0.5) is 0 Å². The predicted octanol–water partition coefficient (Wildman–Crippen LogP) is 0.585. The van der Waals surface area contributed by atoms with Crippen LogP contribution in [0.1, 0.15) is 12.5 Å². The molecule has 1 amide bonds. The van der Waals surface area contributed by atoms with E-state index in [1.54, 1.807) is 0 Å². The van der Waals surface area contributed by atoms with Gasteiger partial charge in [-0.3, -0.25) is 4.79 Å². The minimum atomic E-state index is -0.524. The third-order valence-corrected chi connectivity index (χ3v) is 3.10. The van der Waals surface area contributed by atoms with E-state index in [-0.39, 0.29) is 18.3 Å². The van der Waals surface area contributed by atoms with E-state index in [1.807, 2.05) is 31.2 Å². The summed E-state index contributed by atoms with van der Waals surface area (Å²) in [5.74, 6) is 0.608. The Labute approximate surface area is 111 Å². The quantitative estimate of drug-likeness (QED) is 0.360. The number of hydrogen-bond donors (Lipinski definition) is 2. The Kier molecular flexibility index (Phi) is 3.89. The van der Waals surface area contributed by atoms with Gasteiger partial charge in [-0.05, 0) is 18.6 Å². The molecule has 2 rings (SSSR count). The van der Waals surface area contributed by atoms with E-state index in [4.69, 9.17) is 15.7 Å². The summed E-state index contributed by atoms with van der Waals surface area (Å²) in [7, 11) is 0. The summed E-state index contributed by atoms with van der Waals surface area (Å²) in [6.45, 7) is 2.41. The normalized spacial score (nSPS) is 17.7. The van der Waals surface area contributed by atoms with Gasteiger partial charge >= 0.3 is 0 Å². The number of nitrogens with zero attached hydrogens (tertiary/aromatic N) is 2. The highest BCUT2D eigenvalue weighted by molar-refractivity contribution is 5.89. The molecule has 1 aliphatic heterocycles. The number of ether oxygens (including phenoxy) is 1. The number of carbonyl (C=O) groups is 1. The number of likely N-dealkylation sites (N-methyl/N-ethyl adjacent to an activating group) is 1. The summed E-state index contributed by atoms with van der Waals surface area (Å²) in [6.07, 6.45) is 0.0330. The Balaban J connectivity index is 2.05. The second-order valence-corrected chi connectivity index (χ2v) is 4.36. The van der Waals surface area contributed by atoms with Crippen LogP contribution in [0, 0.1) is 0 Å². The van der Waals surface area contributed by atoms with Crippen LogP contribution in [0.15, 0.2) is 29.4 Å². The largest absolute Gasteiger partial charge is 0.480 e. The van der Waals surface area contributed by atoms with Crippen molar-refractivity contribution in [1.29, 1.82) is 0 Å². The van der Waals surface area contributed by atoms with Crippen molar-refractivity contribution in [1.82, 2.24) is 4.90 Å². The lowest BCUT2D eigenvalue weighted by Gasteiger charge is -2.23. The fourth-order valence-electron chi connectivity index (χ4n) is 2.10. The van der Waals surface area contributed by atoms with E-state index in [1.165, 1.54) is 4.90 Å². The lowest BCUT2D eigenvalue weighted by Crippen LogP contribution is -2.45. The third kappa shape index (κ3) is 2.78. The van der Waals surface area contributed by atoms with Crippen molar-refractivity contribution < 1.29 is 14.7 Å². The van der Waals surface area contributed by atoms with Crippen molar-refractivity contribution in [2.45, 2.75) is 19.4 Å². The highest BCUT2D eigenvalue weighted by Crippen LogP contribution is 2.28. The first-order valence-corrected chi connectivity index (χ1v) is 6.15. The number of carbonyl (C=O) groups excluding carboxylic acids is 1. The van der Waals surface area contributed by atoms with E-state index in [0.717, 1.165) is 11.3 Å². The number of amides is 1. The molecule has 1 heterocycles. The molecule has 0 saturated carbocycles. The zero-order valence-electron chi connectivity index (χ0n) is 10.7. The number of para-hydroxylation sites is 1. The molecule has 6 nitrogen and oxygen atoms in total. The summed E-state index contributed by atoms with van der Waals surface area (Å²) in [6, 6.07) is 7.59. The Morgan fingerprint density at radius 3 is 2.95 bits per heavy atom. The van der Waals surface area contributed by atoms with Crippen molar-refractivity contribution in [3.05, 3.63) is 29.8 Å². The zero-order chi connectivity index (χ0) is 13.8. The van der Waals surface area contributed by atoms with Gasteiger partial charge in [0.25, 0.3) is 5.91 Å². The first kappa shape index (κ1) is 13.2. The fraction of sp³-hybridized carbons (Fsp3) is 0.385. The molecule has 0 fully saturated rings. The standard InChI is InChI=1S/C13H17N3O3/c1-2-16(8-12(14)15-18)13(17)11-7-9-5-3-4-6-10(9)19-11/h3-6,11,18H,2,7-8H2,1H3,(H2,14,15). The second-order valence-electron chi connectivity index (χ2n) is 4.36. The molecule has 1 unspecified atom stereocenters. The summed E-state index contributed by atoms with van der Waals surface area (Å²) in [4.78, 5) is 13.8. The van der Waals surface area contributed by atoms with Gasteiger partial charge in [0.05, 0.1) is 6.54 Å². The van der Waals surface area contributed by atoms with Gasteiger partial charge in [0.2, 0.25) is 0 Å². The first-order chi connectivity index (χ1) is 9.15. The van der Waals surface area contributed by atoms with Crippen molar-refractivity contribution in [3.8, 4) is 5.75 Å². The van der Waals surface area contributed by atoms with Crippen molar-refractivity contribution in [2.75, 3.05) is 13.1 Å². The zero-order valence-corrected chi connectivity index (χ0v) is 10.7. The second kappa shape index (κ2) is 5.60. The van der Waals surface area contributed by atoms with Crippen molar-refractivity contribution in [3.63, 3.8) is 0 Å². The molecular formula is C13H17N3O3. The summed E-state index contributed by atoms with van der Waals surface area (Å²) in [5.41, 5.74) is 6.46. The van der Waals surface area contributed by atoms with Crippen LogP contribution in [0.3, 0.4) is 0 Å². The van der Waals surface area contributed by atoms with Crippen LogP contribution >= 0.6 is 0 Å². The lowest BCUT2D eigenvalue weighted by molar-refractivity contribution is -0.137. The third-order valence-electron chi connectivity index (χ3n) is 3.10. The Bertz CT molecular complexity index is 477. The summed E-state index contributed by atoms with van der Waals surface area (Å²) >= 11 is 0. The van der Waals surface area contributed by atoms with Gasteiger partial charge in [0.1, 0.15) is 5.75 Å². The van der Waals surface area contributed by atoms with Crippen LogP contribution in [-0.4, -0.2) is 41.0 Å². The van der Waals surface area contributed by atoms with Gasteiger partial charge < -0.3 is 20.6 Å². The minimum absolute atomic E-state index is 0.00529. The molecule has 1 aliphatic rings. The lowest BCUT2D eigenvalue weighted by atomic mass is 10.1. The van der Waals surface area contributed by atoms with Crippen LogP contribution in [0.2, 0.25) is 0 Å². The predicted molar refractivity (Wildman–Crippen MR) is 70.2 cm³/mol. The average Bonchev–Trinajstić information content (AvgIpc) is 2.87. The number of hydrogen-bond acceptors (Lipinski definition) is 4. The van der Waals surface area contributed by atoms with Crippen LogP contribution in [-0.2, 0) is 11.2 Å². The maximum atomic E-state index is 12.3. The van der Waals surface area contributed by atoms with Crippen LogP contribution in [0.5, 0.6) is 5.75 Å². The maximum Gasteiger partial charge on any atom is 0.264 e. The van der Waals surface area contributed by atoms with E-state index >= 15 is 0 Å². The molecule has 0 radical (unpaired) electrons. The van der Waals surface area contributed by atoms with Gasteiger partial charge in [0.15, 0.2) is 11.9 Å². The number of oxime groups is 1. The molecule has 1 atom stereocenters. The van der Waals surface area contributed by atoms with E-state index in [2.05, 4.69) is 5.16 Å². The van der Waals surface area contributed by atoms with Crippen LogP contribution < -0.4 is 10.5 Å². The first-order valence-electron chi connectivity index (χ1n) is 6.15. The highest BCUT2D eigenvalue weighted by Gasteiger charge is 2.31. The summed E-state index contributed by atoms with van der Waals surface area (Å²) in [5, 5.41) is 11.4. The van der Waals surface area contributed by atoms with Gasteiger partial charge in [0, 0.05) is 13.0 Å². The average molecular weight is 263 g/mol. The number of nitrogens with two attached hydrogens (primary N) is 1. The van der Waals surface area contributed by atoms with Gasteiger partial charge in [-0.25, -0.2) is 0 Å². The monoisotopic (exact) mass is 263 g/mol. The molecule has 6 heteroatoms. The number of rotatable bonds is 4. The molecule has 0 spiro atoms.